The number of amides is 1. The van der Waals surface area contributed by atoms with Gasteiger partial charge >= 0.3 is 0 Å². The summed E-state index contributed by atoms with van der Waals surface area (Å²) in [6, 6.07) is 7.70. The predicted octanol–water partition coefficient (Wildman–Crippen LogP) is 3.00. The molecule has 1 aliphatic rings. The summed E-state index contributed by atoms with van der Waals surface area (Å²) < 4.78 is 0.951. The summed E-state index contributed by atoms with van der Waals surface area (Å²) in [6.45, 7) is 1.92. The molecule has 0 atom stereocenters. The van der Waals surface area contributed by atoms with Crippen molar-refractivity contribution in [2.24, 2.45) is 5.41 Å². The van der Waals surface area contributed by atoms with Crippen LogP contribution in [0.4, 0.5) is 5.69 Å². The van der Waals surface area contributed by atoms with E-state index in [1.807, 2.05) is 25.1 Å². The van der Waals surface area contributed by atoms with Gasteiger partial charge in [0.25, 0.3) is 0 Å². The van der Waals surface area contributed by atoms with Gasteiger partial charge in [-0.2, -0.15) is 5.26 Å². The molecule has 0 aromatic heterocycles. The van der Waals surface area contributed by atoms with Gasteiger partial charge in [0, 0.05) is 10.2 Å². The highest BCUT2D eigenvalue weighted by atomic mass is 79.9. The van der Waals surface area contributed by atoms with Gasteiger partial charge in [-0.25, -0.2) is 0 Å². The van der Waals surface area contributed by atoms with Gasteiger partial charge < -0.3 is 5.32 Å². The minimum absolute atomic E-state index is 0.184. The van der Waals surface area contributed by atoms with Gasteiger partial charge in [-0.1, -0.05) is 22.0 Å². The Labute approximate surface area is 103 Å². The molecule has 0 aliphatic heterocycles. The lowest BCUT2D eigenvalue weighted by molar-refractivity contribution is -0.119. The number of anilines is 1. The molecule has 16 heavy (non-hydrogen) atoms. The Hall–Kier alpha value is -1.34. The van der Waals surface area contributed by atoms with Crippen molar-refractivity contribution >= 4 is 27.5 Å². The molecular formula is C12H11BrN2O. The number of benzene rings is 1. The second-order valence-corrected chi connectivity index (χ2v) is 4.91. The molecule has 1 amide bonds. The fourth-order valence-corrected chi connectivity index (χ4v) is 1.87. The first-order valence-electron chi connectivity index (χ1n) is 5.07. The molecule has 1 fully saturated rings. The van der Waals surface area contributed by atoms with E-state index in [0.717, 1.165) is 15.7 Å². The van der Waals surface area contributed by atoms with Crippen LogP contribution in [-0.2, 0) is 4.79 Å². The Bertz CT molecular complexity index is 486. The van der Waals surface area contributed by atoms with Crippen LogP contribution in [0.15, 0.2) is 22.7 Å². The first-order chi connectivity index (χ1) is 7.59. The third-order valence-electron chi connectivity index (χ3n) is 2.91. The van der Waals surface area contributed by atoms with Crippen molar-refractivity contribution in [3.05, 3.63) is 28.2 Å². The van der Waals surface area contributed by atoms with Gasteiger partial charge in [-0.15, -0.1) is 0 Å². The van der Waals surface area contributed by atoms with Gasteiger partial charge in [0.2, 0.25) is 5.91 Å². The fourth-order valence-electron chi connectivity index (χ4n) is 1.50. The molecule has 3 nitrogen and oxygen atoms in total. The zero-order valence-corrected chi connectivity index (χ0v) is 10.5. The molecule has 2 rings (SSSR count). The van der Waals surface area contributed by atoms with E-state index >= 15 is 0 Å². The van der Waals surface area contributed by atoms with Crippen LogP contribution < -0.4 is 5.32 Å². The average molecular weight is 279 g/mol. The number of nitriles is 1. The normalized spacial score (nSPS) is 16.3. The zero-order chi connectivity index (χ0) is 11.8. The second kappa shape index (κ2) is 3.91. The molecule has 1 aromatic carbocycles. The smallest absolute Gasteiger partial charge is 0.244 e. The Morgan fingerprint density at radius 2 is 2.25 bits per heavy atom. The van der Waals surface area contributed by atoms with Gasteiger partial charge in [-0.05, 0) is 37.5 Å². The molecule has 82 valence electrons. The van der Waals surface area contributed by atoms with Crippen LogP contribution in [0.25, 0.3) is 0 Å². The summed E-state index contributed by atoms with van der Waals surface area (Å²) in [6.07, 6.45) is 1.34. The lowest BCUT2D eigenvalue weighted by atomic mass is 10.1. The Balaban J connectivity index is 2.20. The van der Waals surface area contributed by atoms with Crippen LogP contribution in [0.1, 0.15) is 18.4 Å². The van der Waals surface area contributed by atoms with Crippen LogP contribution >= 0.6 is 15.9 Å². The molecule has 1 aromatic rings. The summed E-state index contributed by atoms with van der Waals surface area (Å²) in [4.78, 5) is 11.8. The zero-order valence-electron chi connectivity index (χ0n) is 8.88. The van der Waals surface area contributed by atoms with Gasteiger partial charge in [0.05, 0.1) is 6.07 Å². The maximum absolute atomic E-state index is 11.8. The molecule has 0 spiro atoms. The molecule has 1 N–H and O–H groups in total. The number of hydrogen-bond acceptors (Lipinski definition) is 2. The molecule has 0 bridgehead atoms. The van der Waals surface area contributed by atoms with Crippen LogP contribution in [0, 0.1) is 23.7 Å². The Morgan fingerprint density at radius 3 is 2.81 bits per heavy atom. The number of rotatable bonds is 2. The molecular weight excluding hydrogens is 268 g/mol. The summed E-state index contributed by atoms with van der Waals surface area (Å²) in [5.74, 6) is -0.184. The van der Waals surface area contributed by atoms with Crippen LogP contribution in [0.3, 0.4) is 0 Å². The lowest BCUT2D eigenvalue weighted by Crippen LogP contribution is -2.23. The molecule has 0 heterocycles. The second-order valence-electron chi connectivity index (χ2n) is 4.06. The van der Waals surface area contributed by atoms with E-state index < -0.39 is 5.41 Å². The number of halogens is 1. The number of nitrogens with one attached hydrogen (secondary N) is 1. The van der Waals surface area contributed by atoms with E-state index in [4.69, 9.17) is 5.26 Å². The van der Waals surface area contributed by atoms with E-state index in [0.29, 0.717) is 12.8 Å². The third kappa shape index (κ3) is 1.83. The highest BCUT2D eigenvalue weighted by molar-refractivity contribution is 9.10. The molecule has 4 heteroatoms. The number of carbonyl (C=O) groups is 1. The van der Waals surface area contributed by atoms with Crippen molar-refractivity contribution in [1.29, 1.82) is 5.26 Å². The third-order valence-corrected chi connectivity index (χ3v) is 3.77. The quantitative estimate of drug-likeness (QED) is 0.904. The van der Waals surface area contributed by atoms with Gasteiger partial charge in [0.1, 0.15) is 5.41 Å². The van der Waals surface area contributed by atoms with Crippen LogP contribution in [0.5, 0.6) is 0 Å². The van der Waals surface area contributed by atoms with Crippen molar-refractivity contribution in [1.82, 2.24) is 0 Å². The van der Waals surface area contributed by atoms with E-state index in [9.17, 15) is 4.79 Å². The summed E-state index contributed by atoms with van der Waals surface area (Å²) in [5.41, 5.74) is 0.972. The van der Waals surface area contributed by atoms with Crippen molar-refractivity contribution < 1.29 is 4.79 Å². The maximum atomic E-state index is 11.8. The minimum Gasteiger partial charge on any atom is -0.324 e. The standard InChI is InChI=1S/C12H11BrN2O/c1-8-9(13)3-2-4-10(8)15-11(16)12(7-14)5-6-12/h2-4H,5-6H2,1H3,(H,15,16). The van der Waals surface area contributed by atoms with Crippen molar-refractivity contribution in [3.63, 3.8) is 0 Å². The van der Waals surface area contributed by atoms with Crippen molar-refractivity contribution in [3.8, 4) is 6.07 Å². The average Bonchev–Trinajstić information content (AvgIpc) is 3.05. The molecule has 0 radical (unpaired) electrons. The van der Waals surface area contributed by atoms with Crippen molar-refractivity contribution in [2.75, 3.05) is 5.32 Å². The van der Waals surface area contributed by atoms with Gasteiger partial charge in [0.15, 0.2) is 0 Å². The monoisotopic (exact) mass is 278 g/mol. The Morgan fingerprint density at radius 1 is 1.56 bits per heavy atom. The number of carbonyl (C=O) groups excluding carboxylic acids is 1. The number of hydrogen-bond donors (Lipinski definition) is 1. The van der Waals surface area contributed by atoms with E-state index in [1.54, 1.807) is 0 Å². The summed E-state index contributed by atoms with van der Waals surface area (Å²) in [5, 5.41) is 11.7. The molecule has 0 saturated heterocycles. The molecule has 1 aliphatic carbocycles. The largest absolute Gasteiger partial charge is 0.324 e. The van der Waals surface area contributed by atoms with Crippen molar-refractivity contribution in [2.45, 2.75) is 19.8 Å². The number of nitrogens with zero attached hydrogens (tertiary/aromatic N) is 1. The minimum atomic E-state index is -0.769. The Kier molecular flexibility index (Phi) is 2.73. The maximum Gasteiger partial charge on any atom is 0.244 e. The first-order valence-corrected chi connectivity index (χ1v) is 5.86. The summed E-state index contributed by atoms with van der Waals surface area (Å²) in [7, 11) is 0. The lowest BCUT2D eigenvalue weighted by Gasteiger charge is -2.11. The van der Waals surface area contributed by atoms with E-state index in [-0.39, 0.29) is 5.91 Å². The predicted molar refractivity (Wildman–Crippen MR) is 64.8 cm³/mol. The molecule has 1 saturated carbocycles. The fraction of sp³-hybridized carbons (Fsp3) is 0.333. The first kappa shape index (κ1) is 11.2. The highest BCUT2D eigenvalue weighted by Gasteiger charge is 2.50. The summed E-state index contributed by atoms with van der Waals surface area (Å²) >= 11 is 3.40. The highest BCUT2D eigenvalue weighted by Crippen LogP contribution is 2.45. The van der Waals surface area contributed by atoms with Crippen LogP contribution in [-0.4, -0.2) is 5.91 Å². The SMILES string of the molecule is Cc1c(Br)cccc1NC(=O)C1(C#N)CC1. The topological polar surface area (TPSA) is 52.9 Å². The molecule has 0 unspecified atom stereocenters. The van der Waals surface area contributed by atoms with Gasteiger partial charge in [-0.3, -0.25) is 4.79 Å². The van der Waals surface area contributed by atoms with Crippen LogP contribution in [0.2, 0.25) is 0 Å². The van der Waals surface area contributed by atoms with E-state index in [1.165, 1.54) is 0 Å². The van der Waals surface area contributed by atoms with E-state index in [2.05, 4.69) is 27.3 Å².